The first-order valence-corrected chi connectivity index (χ1v) is 11.5. The minimum Gasteiger partial charge on any atom is -0.459 e. The van der Waals surface area contributed by atoms with Crippen LogP contribution in [0.3, 0.4) is 0 Å². The largest absolute Gasteiger partial charge is 0.459 e. The Balaban J connectivity index is 1.48. The molecule has 0 saturated carbocycles. The van der Waals surface area contributed by atoms with Crippen LogP contribution in [0.15, 0.2) is 0 Å². The van der Waals surface area contributed by atoms with Gasteiger partial charge in [-0.05, 0) is 52.6 Å². The van der Waals surface area contributed by atoms with E-state index in [2.05, 4.69) is 9.80 Å². The van der Waals surface area contributed by atoms with Crippen LogP contribution in [0.25, 0.3) is 0 Å². The third kappa shape index (κ3) is 10.7. The van der Waals surface area contributed by atoms with Crippen LogP contribution >= 0.6 is 0 Å². The van der Waals surface area contributed by atoms with E-state index in [1.165, 1.54) is 0 Å². The Morgan fingerprint density at radius 3 is 1.43 bits per heavy atom. The maximum Gasteiger partial charge on any atom is 0.306 e. The molecule has 0 radical (unpaired) electrons. The zero-order valence-electron chi connectivity index (χ0n) is 18.8. The van der Waals surface area contributed by atoms with Crippen molar-refractivity contribution in [2.45, 2.75) is 64.6 Å². The van der Waals surface area contributed by atoms with Crippen LogP contribution in [0.2, 0.25) is 0 Å². The second-order valence-electron chi connectivity index (χ2n) is 8.21. The molecule has 2 unspecified atom stereocenters. The van der Waals surface area contributed by atoms with Gasteiger partial charge >= 0.3 is 11.9 Å². The highest BCUT2D eigenvalue weighted by Crippen LogP contribution is 2.10. The molecular formula is C22H40N2O6. The topological polar surface area (TPSA) is 77.5 Å². The van der Waals surface area contributed by atoms with Crippen LogP contribution in [0, 0.1) is 0 Å². The van der Waals surface area contributed by atoms with Gasteiger partial charge < -0.3 is 18.9 Å². The van der Waals surface area contributed by atoms with Crippen molar-refractivity contribution in [3.8, 4) is 0 Å². The summed E-state index contributed by atoms with van der Waals surface area (Å²) < 4.78 is 21.5. The minimum absolute atomic E-state index is 0.224. The molecule has 0 bridgehead atoms. The van der Waals surface area contributed by atoms with E-state index in [-0.39, 0.29) is 11.9 Å². The van der Waals surface area contributed by atoms with Gasteiger partial charge in [0.1, 0.15) is 12.2 Å². The Morgan fingerprint density at radius 1 is 0.700 bits per heavy atom. The second kappa shape index (κ2) is 14.7. The maximum absolute atomic E-state index is 12.0. The lowest BCUT2D eigenvalue weighted by Crippen LogP contribution is -2.36. The van der Waals surface area contributed by atoms with Gasteiger partial charge in [0, 0.05) is 39.0 Å². The van der Waals surface area contributed by atoms with Crippen molar-refractivity contribution in [3.63, 3.8) is 0 Å². The molecule has 0 aromatic carbocycles. The summed E-state index contributed by atoms with van der Waals surface area (Å²) in [5.41, 5.74) is 0. The number of nitrogens with zero attached hydrogens (tertiary/aromatic N) is 2. The zero-order valence-corrected chi connectivity index (χ0v) is 18.8. The third-order valence-electron chi connectivity index (χ3n) is 5.71. The summed E-state index contributed by atoms with van der Waals surface area (Å²) in [6.45, 7) is 12.6. The maximum atomic E-state index is 12.0. The molecular weight excluding hydrogens is 388 g/mol. The summed E-state index contributed by atoms with van der Waals surface area (Å²) in [6, 6.07) is 0. The summed E-state index contributed by atoms with van der Waals surface area (Å²) in [7, 11) is 0. The first-order valence-electron chi connectivity index (χ1n) is 11.5. The van der Waals surface area contributed by atoms with Gasteiger partial charge in [0.05, 0.1) is 26.4 Å². The summed E-state index contributed by atoms with van der Waals surface area (Å²) in [4.78, 5) is 28.8. The molecule has 0 spiro atoms. The van der Waals surface area contributed by atoms with Gasteiger partial charge in [0.2, 0.25) is 0 Å². The third-order valence-corrected chi connectivity index (χ3v) is 5.71. The van der Waals surface area contributed by atoms with E-state index in [0.29, 0.717) is 12.8 Å². The summed E-state index contributed by atoms with van der Waals surface area (Å²) in [5.74, 6) is -0.448. The fraction of sp³-hybridized carbons (Fsp3) is 0.909. The number of carbonyl (C=O) groups excluding carboxylic acids is 2. The number of hydrogen-bond donors (Lipinski definition) is 0. The van der Waals surface area contributed by atoms with Gasteiger partial charge in [-0.25, -0.2) is 0 Å². The van der Waals surface area contributed by atoms with Crippen LogP contribution in [0.4, 0.5) is 0 Å². The fourth-order valence-corrected chi connectivity index (χ4v) is 3.58. The molecule has 2 aliphatic heterocycles. The highest BCUT2D eigenvalue weighted by molar-refractivity contribution is 5.70. The van der Waals surface area contributed by atoms with Crippen molar-refractivity contribution >= 4 is 11.9 Å². The van der Waals surface area contributed by atoms with Crippen molar-refractivity contribution in [1.82, 2.24) is 9.80 Å². The molecule has 30 heavy (non-hydrogen) atoms. The molecule has 2 aliphatic rings. The quantitative estimate of drug-likeness (QED) is 0.325. The van der Waals surface area contributed by atoms with Crippen molar-refractivity contribution < 1.29 is 28.5 Å². The monoisotopic (exact) mass is 428 g/mol. The van der Waals surface area contributed by atoms with E-state index in [1.54, 1.807) is 13.8 Å². The number of unbranched alkanes of at least 4 members (excludes halogenated alkanes) is 2. The molecule has 2 fully saturated rings. The molecule has 0 amide bonds. The number of esters is 2. The molecule has 2 saturated heterocycles. The Labute approximate surface area is 181 Å². The van der Waals surface area contributed by atoms with E-state index in [1.807, 2.05) is 0 Å². The van der Waals surface area contributed by atoms with Crippen molar-refractivity contribution in [2.75, 3.05) is 65.7 Å². The lowest BCUT2D eigenvalue weighted by molar-refractivity contribution is -0.165. The molecule has 174 valence electrons. The lowest BCUT2D eigenvalue weighted by atomic mass is 10.2. The van der Waals surface area contributed by atoms with Gasteiger partial charge in [-0.15, -0.1) is 0 Å². The Kier molecular flexibility index (Phi) is 12.3. The first-order chi connectivity index (χ1) is 14.5. The minimum atomic E-state index is -0.436. The molecule has 0 aliphatic carbocycles. The average Bonchev–Trinajstić information content (AvgIpc) is 2.75. The van der Waals surface area contributed by atoms with Crippen LogP contribution < -0.4 is 0 Å². The predicted molar refractivity (Wildman–Crippen MR) is 113 cm³/mol. The molecule has 2 heterocycles. The smallest absolute Gasteiger partial charge is 0.306 e. The Morgan fingerprint density at radius 2 is 1.07 bits per heavy atom. The fourth-order valence-electron chi connectivity index (χ4n) is 3.58. The molecule has 0 N–H and O–H groups in total. The standard InChI is InChI=1S/C22H40N2O6/c1-19(29-21(25)7-3-5-9-23-11-15-27-16-12-23)20(2)30-22(26)8-4-6-10-24-13-17-28-18-14-24/h19-20H,3-18H2,1-2H3. The van der Waals surface area contributed by atoms with E-state index < -0.39 is 12.2 Å². The van der Waals surface area contributed by atoms with Gasteiger partial charge in [-0.2, -0.15) is 0 Å². The van der Waals surface area contributed by atoms with E-state index in [4.69, 9.17) is 18.9 Å². The van der Waals surface area contributed by atoms with E-state index >= 15 is 0 Å². The van der Waals surface area contributed by atoms with Gasteiger partial charge in [-0.3, -0.25) is 19.4 Å². The summed E-state index contributed by atoms with van der Waals surface area (Å²) in [5, 5.41) is 0. The number of ether oxygens (including phenoxy) is 4. The number of hydrogen-bond acceptors (Lipinski definition) is 8. The molecule has 0 aromatic heterocycles. The molecule has 2 rings (SSSR count). The van der Waals surface area contributed by atoms with Crippen molar-refractivity contribution in [2.24, 2.45) is 0 Å². The van der Waals surface area contributed by atoms with Crippen molar-refractivity contribution in [1.29, 1.82) is 0 Å². The SMILES string of the molecule is CC(OC(=O)CCCCN1CCOCC1)C(C)OC(=O)CCCCN1CCOCC1. The van der Waals surface area contributed by atoms with Crippen molar-refractivity contribution in [3.05, 3.63) is 0 Å². The number of rotatable bonds is 13. The van der Waals surface area contributed by atoms with E-state index in [9.17, 15) is 9.59 Å². The number of carbonyl (C=O) groups is 2. The highest BCUT2D eigenvalue weighted by Gasteiger charge is 2.20. The first kappa shape index (κ1) is 25.0. The molecule has 8 nitrogen and oxygen atoms in total. The Bertz CT molecular complexity index is 448. The summed E-state index contributed by atoms with van der Waals surface area (Å²) in [6.07, 6.45) is 3.48. The highest BCUT2D eigenvalue weighted by atomic mass is 16.6. The average molecular weight is 429 g/mol. The number of morpholine rings is 2. The molecule has 8 heteroatoms. The van der Waals surface area contributed by atoms with Gasteiger partial charge in [-0.1, -0.05) is 0 Å². The zero-order chi connectivity index (χ0) is 21.6. The van der Waals surface area contributed by atoms with Crippen LogP contribution in [0.5, 0.6) is 0 Å². The normalized spacial score (nSPS) is 20.5. The Hall–Kier alpha value is -1.22. The predicted octanol–water partition coefficient (Wildman–Crippen LogP) is 1.85. The molecule has 2 atom stereocenters. The second-order valence-corrected chi connectivity index (χ2v) is 8.21. The van der Waals surface area contributed by atoms with Crippen LogP contribution in [-0.2, 0) is 28.5 Å². The lowest BCUT2D eigenvalue weighted by Gasteiger charge is -2.26. The van der Waals surface area contributed by atoms with Crippen LogP contribution in [0.1, 0.15) is 52.4 Å². The van der Waals surface area contributed by atoms with Gasteiger partial charge in [0.15, 0.2) is 0 Å². The molecule has 0 aromatic rings. The van der Waals surface area contributed by atoms with Gasteiger partial charge in [0.25, 0.3) is 0 Å². The van der Waals surface area contributed by atoms with E-state index in [0.717, 1.165) is 91.4 Å². The summed E-state index contributed by atoms with van der Waals surface area (Å²) >= 11 is 0. The van der Waals surface area contributed by atoms with Crippen LogP contribution in [-0.4, -0.2) is 99.6 Å².